The summed E-state index contributed by atoms with van der Waals surface area (Å²) in [6.07, 6.45) is 11.8. The van der Waals surface area contributed by atoms with E-state index in [-0.39, 0.29) is 22.5 Å². The molecule has 2 aliphatic carbocycles. The quantitative estimate of drug-likeness (QED) is 0.222. The molecule has 6 rings (SSSR count). The van der Waals surface area contributed by atoms with Gasteiger partial charge < -0.3 is 10.1 Å². The van der Waals surface area contributed by atoms with Crippen LogP contribution in [0.1, 0.15) is 60.6 Å². The molecule has 6 heteroatoms. The zero-order valence-corrected chi connectivity index (χ0v) is 22.7. The van der Waals surface area contributed by atoms with Gasteiger partial charge in [0, 0.05) is 24.0 Å². The number of fused-ring (bicyclic) bond motifs is 6. The van der Waals surface area contributed by atoms with Crippen LogP contribution >= 0.6 is 0 Å². The molecule has 1 heterocycles. The monoisotopic (exact) mass is 522 g/mol. The Kier molecular flexibility index (Phi) is 7.38. The molecule has 1 unspecified atom stereocenters. The predicted octanol–water partition coefficient (Wildman–Crippen LogP) is 7.04. The Morgan fingerprint density at radius 1 is 0.872 bits per heavy atom. The molecule has 0 fully saturated rings. The van der Waals surface area contributed by atoms with Crippen molar-refractivity contribution in [3.63, 3.8) is 0 Å². The lowest BCUT2D eigenvalue weighted by molar-refractivity contribution is -0.385. The Hall–Kier alpha value is -4.19. The van der Waals surface area contributed by atoms with E-state index < -0.39 is 5.60 Å². The third-order valence-electron chi connectivity index (χ3n) is 7.46. The van der Waals surface area contributed by atoms with E-state index in [0.717, 1.165) is 36.0 Å². The standard InChI is InChI=1S/C23H25NO4.C10H9N/c1-23(2,3)28-22(25)15-8-7-14-9-10-17-16-5-4-6-21(24(26)27)19(16)12-11-18(17)20(14)13-15;1-2-4-10-6-8-11-7-5-9(10)3-1/h4-6,9-10,15H,7-8,11-13H2,1-3H3;1-8,11H. The molecule has 1 atom stereocenters. The largest absolute Gasteiger partial charge is 0.460 e. The van der Waals surface area contributed by atoms with Gasteiger partial charge in [-0.15, -0.1) is 0 Å². The Morgan fingerprint density at radius 3 is 2.21 bits per heavy atom. The topological polar surface area (TPSA) is 81.5 Å². The highest BCUT2D eigenvalue weighted by Gasteiger charge is 2.32. The number of hydrogen-bond acceptors (Lipinski definition) is 5. The Morgan fingerprint density at radius 2 is 1.54 bits per heavy atom. The zero-order valence-electron chi connectivity index (χ0n) is 22.7. The van der Waals surface area contributed by atoms with Crippen LogP contribution in [0.2, 0.25) is 0 Å². The first kappa shape index (κ1) is 26.4. The van der Waals surface area contributed by atoms with E-state index in [1.807, 2.05) is 51.4 Å². The number of nitro groups is 1. The molecule has 0 aromatic heterocycles. The number of nitrogens with one attached hydrogen (secondary N) is 1. The number of nitro benzene ring substituents is 1. The Balaban J connectivity index is 0.000000233. The van der Waals surface area contributed by atoms with E-state index in [1.54, 1.807) is 12.1 Å². The van der Waals surface area contributed by atoms with Crippen LogP contribution in [-0.2, 0) is 35.2 Å². The minimum Gasteiger partial charge on any atom is -0.460 e. The molecule has 3 aromatic carbocycles. The van der Waals surface area contributed by atoms with Crippen molar-refractivity contribution in [3.05, 3.63) is 110 Å². The molecular weight excluding hydrogens is 488 g/mol. The first-order valence-corrected chi connectivity index (χ1v) is 13.5. The molecule has 1 aliphatic heterocycles. The van der Waals surface area contributed by atoms with Gasteiger partial charge >= 0.3 is 5.97 Å². The van der Waals surface area contributed by atoms with E-state index >= 15 is 0 Å². The minimum absolute atomic E-state index is 0.121. The van der Waals surface area contributed by atoms with Gasteiger partial charge in [0.2, 0.25) is 0 Å². The molecule has 0 saturated carbocycles. The molecule has 1 N–H and O–H groups in total. The number of carbonyl (C=O) groups excluding carboxylic acids is 1. The van der Waals surface area contributed by atoms with E-state index in [0.29, 0.717) is 12.8 Å². The summed E-state index contributed by atoms with van der Waals surface area (Å²) in [7, 11) is 0. The first-order valence-electron chi connectivity index (χ1n) is 13.5. The summed E-state index contributed by atoms with van der Waals surface area (Å²) in [4.78, 5) is 23.7. The second kappa shape index (κ2) is 10.9. The molecule has 0 bridgehead atoms. The van der Waals surface area contributed by atoms with Crippen LogP contribution in [0.3, 0.4) is 0 Å². The minimum atomic E-state index is -0.481. The van der Waals surface area contributed by atoms with Crippen LogP contribution in [0.15, 0.2) is 67.0 Å². The third kappa shape index (κ3) is 5.80. The van der Waals surface area contributed by atoms with Crippen molar-refractivity contribution in [2.45, 2.75) is 58.5 Å². The summed E-state index contributed by atoms with van der Waals surface area (Å²) in [5.41, 5.74) is 8.88. The fraction of sp³-hybridized carbons (Fsp3) is 0.303. The van der Waals surface area contributed by atoms with Crippen LogP contribution in [0, 0.1) is 16.0 Å². The van der Waals surface area contributed by atoms with E-state index in [1.165, 1.54) is 27.8 Å². The third-order valence-corrected chi connectivity index (χ3v) is 7.46. The zero-order chi connectivity index (χ0) is 27.6. The number of aryl methyl sites for hydroxylation is 1. The van der Waals surface area contributed by atoms with Crippen molar-refractivity contribution in [1.82, 2.24) is 5.32 Å². The number of nitrogens with zero attached hydrogens (tertiary/aromatic N) is 1. The molecule has 3 aliphatic rings. The predicted molar refractivity (Wildman–Crippen MR) is 155 cm³/mol. The van der Waals surface area contributed by atoms with Crippen molar-refractivity contribution in [1.29, 1.82) is 0 Å². The van der Waals surface area contributed by atoms with E-state index in [9.17, 15) is 14.9 Å². The van der Waals surface area contributed by atoms with Crippen LogP contribution < -0.4 is 5.32 Å². The maximum absolute atomic E-state index is 12.6. The average molecular weight is 523 g/mol. The fourth-order valence-electron chi connectivity index (χ4n) is 5.69. The summed E-state index contributed by atoms with van der Waals surface area (Å²) >= 11 is 0. The normalized spacial score (nSPS) is 16.6. The van der Waals surface area contributed by atoms with Gasteiger partial charge in [0.25, 0.3) is 5.69 Å². The van der Waals surface area contributed by atoms with Gasteiger partial charge in [-0.25, -0.2) is 0 Å². The van der Waals surface area contributed by atoms with Crippen LogP contribution in [-0.4, -0.2) is 16.5 Å². The smallest absolute Gasteiger partial charge is 0.309 e. The number of hydrogen-bond donors (Lipinski definition) is 1. The molecule has 0 radical (unpaired) electrons. The van der Waals surface area contributed by atoms with Crippen molar-refractivity contribution >= 4 is 23.8 Å². The summed E-state index contributed by atoms with van der Waals surface area (Å²) in [5, 5.41) is 14.4. The highest BCUT2D eigenvalue weighted by atomic mass is 16.6. The van der Waals surface area contributed by atoms with Gasteiger partial charge in [0.05, 0.1) is 10.8 Å². The van der Waals surface area contributed by atoms with Gasteiger partial charge in [-0.2, -0.15) is 0 Å². The number of carbonyl (C=O) groups is 1. The van der Waals surface area contributed by atoms with Crippen LogP contribution in [0.25, 0.3) is 23.3 Å². The summed E-state index contributed by atoms with van der Waals surface area (Å²) in [6.45, 7) is 5.69. The SMILES string of the molecule is C1=Cc2ccccc2C=CN1.CC(C)(C)OC(=O)C1CCc2ccc3c(c2C1)CCc1c-3cccc1[N+](=O)[O-]. The van der Waals surface area contributed by atoms with Crippen LogP contribution in [0.4, 0.5) is 5.69 Å². The summed E-state index contributed by atoms with van der Waals surface area (Å²) < 4.78 is 5.62. The molecule has 3 aromatic rings. The second-order valence-corrected chi connectivity index (χ2v) is 11.2. The lowest BCUT2D eigenvalue weighted by Crippen LogP contribution is -2.32. The number of benzene rings is 3. The highest BCUT2D eigenvalue weighted by Crippen LogP contribution is 2.42. The lowest BCUT2D eigenvalue weighted by Gasteiger charge is -2.31. The van der Waals surface area contributed by atoms with Crippen molar-refractivity contribution in [2.24, 2.45) is 5.92 Å². The Bertz CT molecular complexity index is 1450. The first-order chi connectivity index (χ1) is 18.7. The average Bonchev–Trinajstić information content (AvgIpc) is 3.17. The molecule has 0 amide bonds. The van der Waals surface area contributed by atoms with Crippen molar-refractivity contribution in [3.8, 4) is 11.1 Å². The number of rotatable bonds is 2. The molecule has 6 nitrogen and oxygen atoms in total. The van der Waals surface area contributed by atoms with Crippen molar-refractivity contribution < 1.29 is 14.5 Å². The van der Waals surface area contributed by atoms with Crippen molar-refractivity contribution in [2.75, 3.05) is 0 Å². The second-order valence-electron chi connectivity index (χ2n) is 11.2. The van der Waals surface area contributed by atoms with Gasteiger partial charge in [0.15, 0.2) is 0 Å². The maximum atomic E-state index is 12.6. The number of ether oxygens (including phenoxy) is 1. The van der Waals surface area contributed by atoms with Crippen LogP contribution in [0.5, 0.6) is 0 Å². The maximum Gasteiger partial charge on any atom is 0.309 e. The highest BCUT2D eigenvalue weighted by molar-refractivity contribution is 5.79. The Labute approximate surface area is 229 Å². The summed E-state index contributed by atoms with van der Waals surface area (Å²) in [6, 6.07) is 17.8. The van der Waals surface area contributed by atoms with Gasteiger partial charge in [0.1, 0.15) is 5.60 Å². The number of esters is 1. The molecule has 0 saturated heterocycles. The van der Waals surface area contributed by atoms with E-state index in [2.05, 4.69) is 41.7 Å². The van der Waals surface area contributed by atoms with Gasteiger partial charge in [-0.1, -0.05) is 48.5 Å². The summed E-state index contributed by atoms with van der Waals surface area (Å²) in [5.74, 6) is -0.243. The molecular formula is C33H34N2O4. The van der Waals surface area contributed by atoms with E-state index in [4.69, 9.17) is 4.74 Å². The lowest BCUT2D eigenvalue weighted by atomic mass is 9.75. The molecule has 0 spiro atoms. The molecule has 39 heavy (non-hydrogen) atoms. The molecule has 200 valence electrons. The van der Waals surface area contributed by atoms with Gasteiger partial charge in [-0.05, 0) is 104 Å². The fourth-order valence-corrected chi connectivity index (χ4v) is 5.69. The van der Waals surface area contributed by atoms with Gasteiger partial charge in [-0.3, -0.25) is 14.9 Å².